The lowest BCUT2D eigenvalue weighted by molar-refractivity contribution is -0.0440. The first-order valence-corrected chi connectivity index (χ1v) is 15.8. The Morgan fingerprint density at radius 3 is 1.98 bits per heavy atom. The number of benzene rings is 3. The number of nitrogens with one attached hydrogen (secondary N) is 2. The van der Waals surface area contributed by atoms with E-state index in [1.165, 1.54) is 79.2 Å². The number of ether oxygens (including phenoxy) is 3. The summed E-state index contributed by atoms with van der Waals surface area (Å²) in [6.07, 6.45) is -0.472. The van der Waals surface area contributed by atoms with Gasteiger partial charge in [-0.3, -0.25) is 9.52 Å². The Balaban J connectivity index is 1.61. The number of amides is 1. The maximum absolute atomic E-state index is 13.4. The maximum atomic E-state index is 13.4. The van der Waals surface area contributed by atoms with Crippen LogP contribution in [0.5, 0.6) is 11.5 Å². The lowest BCUT2D eigenvalue weighted by Crippen LogP contribution is -2.48. The van der Waals surface area contributed by atoms with E-state index in [-0.39, 0.29) is 57.8 Å². The maximum Gasteiger partial charge on any atom is 0.261 e. The molecule has 220 valence electrons. The van der Waals surface area contributed by atoms with Crippen molar-refractivity contribution in [3.8, 4) is 11.5 Å². The number of rotatable bonds is 9. The van der Waals surface area contributed by atoms with Crippen LogP contribution in [0.15, 0.2) is 70.5 Å². The van der Waals surface area contributed by atoms with Crippen molar-refractivity contribution in [2.75, 3.05) is 37.3 Å². The zero-order valence-electron chi connectivity index (χ0n) is 22.8. The third-order valence-electron chi connectivity index (χ3n) is 6.27. The average molecular weight is 624 g/mol. The molecule has 0 bridgehead atoms. The molecule has 2 N–H and O–H groups in total. The Hall–Kier alpha value is -3.36. The molecule has 2 atom stereocenters. The molecule has 11 nitrogen and oxygen atoms in total. The molecule has 3 aromatic carbocycles. The van der Waals surface area contributed by atoms with E-state index in [0.717, 1.165) is 0 Å². The predicted molar refractivity (Wildman–Crippen MR) is 155 cm³/mol. The van der Waals surface area contributed by atoms with E-state index in [0.29, 0.717) is 10.7 Å². The highest BCUT2D eigenvalue weighted by molar-refractivity contribution is 7.92. The van der Waals surface area contributed by atoms with Crippen LogP contribution in [0.1, 0.15) is 24.2 Å². The summed E-state index contributed by atoms with van der Waals surface area (Å²) >= 11 is 5.88. The SMILES string of the molecule is COc1cc(NS(=O)(=O)c2ccc(Cl)cc2)c(C(=O)Nc2ccc(S(=O)(=O)N3C[C@@H](C)O[C@@H](C)C3)cc2)cc1OC. The van der Waals surface area contributed by atoms with Crippen LogP contribution >= 0.6 is 11.6 Å². The van der Waals surface area contributed by atoms with Crippen LogP contribution in [0.25, 0.3) is 0 Å². The van der Waals surface area contributed by atoms with Gasteiger partial charge in [0.1, 0.15) is 0 Å². The number of sulfonamides is 2. The van der Waals surface area contributed by atoms with Gasteiger partial charge in [0.05, 0.1) is 47.5 Å². The van der Waals surface area contributed by atoms with E-state index in [1.807, 2.05) is 13.8 Å². The van der Waals surface area contributed by atoms with E-state index in [2.05, 4.69) is 10.0 Å². The lowest BCUT2D eigenvalue weighted by atomic mass is 10.1. The Labute approximate surface area is 244 Å². The zero-order valence-corrected chi connectivity index (χ0v) is 25.1. The molecule has 1 fully saturated rings. The smallest absolute Gasteiger partial charge is 0.261 e. The predicted octanol–water partition coefficient (Wildman–Crippen LogP) is 4.21. The van der Waals surface area contributed by atoms with Crippen molar-refractivity contribution < 1.29 is 35.8 Å². The molecule has 14 heteroatoms. The first-order chi connectivity index (χ1) is 19.3. The van der Waals surface area contributed by atoms with Gasteiger partial charge in [-0.2, -0.15) is 4.31 Å². The Morgan fingerprint density at radius 2 is 1.41 bits per heavy atom. The van der Waals surface area contributed by atoms with E-state index in [9.17, 15) is 21.6 Å². The van der Waals surface area contributed by atoms with Gasteiger partial charge in [0.25, 0.3) is 15.9 Å². The molecule has 41 heavy (non-hydrogen) atoms. The molecular formula is C27H30ClN3O8S2. The minimum atomic E-state index is -4.11. The summed E-state index contributed by atoms with van der Waals surface area (Å²) in [5, 5.41) is 3.04. The molecule has 1 saturated heterocycles. The third-order valence-corrected chi connectivity index (χ3v) is 9.75. The second-order valence-corrected chi connectivity index (χ2v) is 13.4. The molecule has 0 unspecified atom stereocenters. The molecule has 0 saturated carbocycles. The molecule has 1 heterocycles. The molecule has 0 aliphatic carbocycles. The number of anilines is 2. The fraction of sp³-hybridized carbons (Fsp3) is 0.296. The number of morpholine rings is 1. The lowest BCUT2D eigenvalue weighted by Gasteiger charge is -2.34. The number of carbonyl (C=O) groups excluding carboxylic acids is 1. The summed E-state index contributed by atoms with van der Waals surface area (Å²) in [5.41, 5.74) is 0.164. The van der Waals surface area contributed by atoms with Crippen molar-refractivity contribution in [2.45, 2.75) is 35.8 Å². The van der Waals surface area contributed by atoms with Crippen LogP contribution < -0.4 is 19.5 Å². The minimum absolute atomic E-state index is 0.0619. The van der Waals surface area contributed by atoms with E-state index >= 15 is 0 Å². The molecule has 1 aliphatic rings. The van der Waals surface area contributed by atoms with Gasteiger partial charge in [-0.25, -0.2) is 16.8 Å². The number of methoxy groups -OCH3 is 2. The number of halogens is 1. The van der Waals surface area contributed by atoms with Crippen LogP contribution in [0.4, 0.5) is 11.4 Å². The van der Waals surface area contributed by atoms with Gasteiger partial charge < -0.3 is 19.5 Å². The van der Waals surface area contributed by atoms with E-state index in [1.54, 1.807) is 0 Å². The van der Waals surface area contributed by atoms with Crippen LogP contribution in [0.2, 0.25) is 5.02 Å². The van der Waals surface area contributed by atoms with Gasteiger partial charge in [0.2, 0.25) is 10.0 Å². The second kappa shape index (κ2) is 12.2. The number of hydrogen-bond donors (Lipinski definition) is 2. The van der Waals surface area contributed by atoms with Crippen LogP contribution in [0.3, 0.4) is 0 Å². The van der Waals surface area contributed by atoms with Crippen molar-refractivity contribution in [2.24, 2.45) is 0 Å². The van der Waals surface area contributed by atoms with Crippen LogP contribution in [-0.4, -0.2) is 66.6 Å². The normalized spacial score (nSPS) is 18.0. The van der Waals surface area contributed by atoms with Crippen LogP contribution in [-0.2, 0) is 24.8 Å². The molecule has 3 aromatic rings. The summed E-state index contributed by atoms with van der Waals surface area (Å²) in [4.78, 5) is 13.4. The summed E-state index contributed by atoms with van der Waals surface area (Å²) in [5.74, 6) is -0.284. The Bertz CT molecular complexity index is 1620. The largest absolute Gasteiger partial charge is 0.493 e. The van der Waals surface area contributed by atoms with Gasteiger partial charge in [-0.1, -0.05) is 11.6 Å². The highest BCUT2D eigenvalue weighted by atomic mass is 35.5. The van der Waals surface area contributed by atoms with Crippen molar-refractivity contribution in [3.05, 3.63) is 71.2 Å². The quantitative estimate of drug-likeness (QED) is 0.361. The first-order valence-electron chi connectivity index (χ1n) is 12.5. The summed E-state index contributed by atoms with van der Waals surface area (Å²) in [6, 6.07) is 13.9. The summed E-state index contributed by atoms with van der Waals surface area (Å²) < 4.78 is 72.5. The molecular weight excluding hydrogens is 594 g/mol. The topological polar surface area (TPSA) is 140 Å². The average Bonchev–Trinajstić information content (AvgIpc) is 2.92. The Kier molecular flexibility index (Phi) is 9.14. The molecule has 1 amide bonds. The van der Waals surface area contributed by atoms with Gasteiger partial charge >= 0.3 is 0 Å². The third kappa shape index (κ3) is 6.93. The zero-order chi connectivity index (χ0) is 29.9. The number of hydrogen-bond acceptors (Lipinski definition) is 8. The first kappa shape index (κ1) is 30.6. The molecule has 0 radical (unpaired) electrons. The second-order valence-electron chi connectivity index (χ2n) is 9.37. The van der Waals surface area contributed by atoms with Crippen molar-refractivity contribution in [1.29, 1.82) is 0 Å². The Morgan fingerprint density at radius 1 is 0.878 bits per heavy atom. The van der Waals surface area contributed by atoms with Gasteiger partial charge in [0, 0.05) is 29.9 Å². The summed E-state index contributed by atoms with van der Waals surface area (Å²) in [6.45, 7) is 4.10. The monoisotopic (exact) mass is 623 g/mol. The highest BCUT2D eigenvalue weighted by Crippen LogP contribution is 2.35. The van der Waals surface area contributed by atoms with Crippen molar-refractivity contribution in [1.82, 2.24) is 4.31 Å². The van der Waals surface area contributed by atoms with Gasteiger partial charge in [-0.15, -0.1) is 0 Å². The van der Waals surface area contributed by atoms with E-state index < -0.39 is 26.0 Å². The van der Waals surface area contributed by atoms with Gasteiger partial charge in [-0.05, 0) is 68.4 Å². The standard InChI is InChI=1S/C27H30ClN3O8S2/c1-17-15-31(16-18(2)39-17)41(35,36)22-11-7-20(8-12-22)29-27(32)23-13-25(37-3)26(38-4)14-24(23)30-40(33,34)21-9-5-19(28)6-10-21/h5-14,17-18,30H,15-16H2,1-4H3,(H,29,32)/t17-,18+. The fourth-order valence-corrected chi connectivity index (χ4v) is 7.14. The molecule has 0 spiro atoms. The fourth-order valence-electron chi connectivity index (χ4n) is 4.35. The van der Waals surface area contributed by atoms with E-state index in [4.69, 9.17) is 25.8 Å². The summed E-state index contributed by atoms with van der Waals surface area (Å²) in [7, 11) is -5.12. The van der Waals surface area contributed by atoms with Crippen molar-refractivity contribution in [3.63, 3.8) is 0 Å². The van der Waals surface area contributed by atoms with Gasteiger partial charge in [0.15, 0.2) is 11.5 Å². The molecule has 0 aromatic heterocycles. The van der Waals surface area contributed by atoms with Crippen LogP contribution in [0, 0.1) is 0 Å². The molecule has 1 aliphatic heterocycles. The number of nitrogens with zero attached hydrogens (tertiary/aromatic N) is 1. The molecule has 4 rings (SSSR count). The van der Waals surface area contributed by atoms with Crippen molar-refractivity contribution >= 4 is 48.9 Å². The number of carbonyl (C=O) groups is 1. The highest BCUT2D eigenvalue weighted by Gasteiger charge is 2.32. The minimum Gasteiger partial charge on any atom is -0.493 e.